The molecule has 0 aliphatic carbocycles. The van der Waals surface area contributed by atoms with E-state index in [1.54, 1.807) is 0 Å². The molecule has 2 fully saturated rings. The maximum Gasteiger partial charge on any atom is 0.335 e. The first-order valence-corrected chi connectivity index (χ1v) is 9.70. The van der Waals surface area contributed by atoms with E-state index in [4.69, 9.17) is 5.11 Å². The fourth-order valence-corrected chi connectivity index (χ4v) is 3.83. The van der Waals surface area contributed by atoms with Gasteiger partial charge in [0.25, 0.3) is 5.91 Å². The minimum absolute atomic E-state index is 0.0999. The number of nitrogens with one attached hydrogen (secondary N) is 2. The van der Waals surface area contributed by atoms with Gasteiger partial charge in [0.2, 0.25) is 5.91 Å². The van der Waals surface area contributed by atoms with Crippen molar-refractivity contribution < 1.29 is 24.3 Å². The highest BCUT2D eigenvalue weighted by Gasteiger charge is 2.52. The SMILES string of the molecule is CC(C)CN1CCC2(CC1)NC(=O)N(CC(=O)Nc1ccc(C(=O)O)cc1)C2=O. The molecule has 3 rings (SSSR count). The number of carbonyl (C=O) groups is 4. The van der Waals surface area contributed by atoms with E-state index in [0.717, 1.165) is 24.5 Å². The Hall–Kier alpha value is -2.94. The molecule has 9 nitrogen and oxygen atoms in total. The van der Waals surface area contributed by atoms with Gasteiger partial charge >= 0.3 is 12.0 Å². The van der Waals surface area contributed by atoms with E-state index in [1.165, 1.54) is 24.3 Å². The van der Waals surface area contributed by atoms with Crippen molar-refractivity contribution >= 4 is 29.5 Å². The van der Waals surface area contributed by atoms with Gasteiger partial charge in [-0.25, -0.2) is 9.59 Å². The number of anilines is 1. The van der Waals surface area contributed by atoms with Gasteiger partial charge in [-0.2, -0.15) is 0 Å². The van der Waals surface area contributed by atoms with Gasteiger partial charge in [0, 0.05) is 25.3 Å². The van der Waals surface area contributed by atoms with Crippen LogP contribution in [0.5, 0.6) is 0 Å². The summed E-state index contributed by atoms with van der Waals surface area (Å²) in [5.41, 5.74) is -0.430. The molecule has 3 N–H and O–H groups in total. The third-order valence-corrected chi connectivity index (χ3v) is 5.30. The standard InChI is InChI=1S/C20H26N4O5/c1-13(2)11-23-9-7-20(8-10-23)18(28)24(19(29)22-20)12-16(25)21-15-5-3-14(4-6-15)17(26)27/h3-6,13H,7-12H2,1-2H3,(H,21,25)(H,22,29)(H,26,27). The predicted octanol–water partition coefficient (Wildman–Crippen LogP) is 1.37. The Morgan fingerprint density at radius 2 is 1.79 bits per heavy atom. The number of rotatable bonds is 6. The first-order valence-electron chi connectivity index (χ1n) is 9.70. The lowest BCUT2D eigenvalue weighted by molar-refractivity contribution is -0.135. The van der Waals surface area contributed by atoms with Crippen molar-refractivity contribution in [1.29, 1.82) is 0 Å². The number of likely N-dealkylation sites (tertiary alicyclic amines) is 1. The quantitative estimate of drug-likeness (QED) is 0.619. The molecule has 0 saturated carbocycles. The third kappa shape index (κ3) is 4.56. The molecule has 2 aliphatic rings. The molecule has 1 aromatic rings. The Labute approximate surface area is 169 Å². The normalized spacial score (nSPS) is 18.9. The molecule has 2 heterocycles. The molecule has 9 heteroatoms. The van der Waals surface area contributed by atoms with Gasteiger partial charge in [0.15, 0.2) is 0 Å². The molecule has 2 aliphatic heterocycles. The molecular weight excluding hydrogens is 376 g/mol. The summed E-state index contributed by atoms with van der Waals surface area (Å²) < 4.78 is 0. The predicted molar refractivity (Wildman–Crippen MR) is 106 cm³/mol. The monoisotopic (exact) mass is 402 g/mol. The zero-order valence-corrected chi connectivity index (χ0v) is 16.6. The number of hydrogen-bond acceptors (Lipinski definition) is 5. The van der Waals surface area contributed by atoms with Crippen LogP contribution >= 0.6 is 0 Å². The van der Waals surface area contributed by atoms with Crippen molar-refractivity contribution in [3.05, 3.63) is 29.8 Å². The number of carboxylic acid groups (broad SMARTS) is 1. The van der Waals surface area contributed by atoms with Gasteiger partial charge in [-0.3, -0.25) is 14.5 Å². The molecule has 29 heavy (non-hydrogen) atoms. The van der Waals surface area contributed by atoms with Crippen molar-refractivity contribution in [2.75, 3.05) is 31.5 Å². The molecule has 4 amide bonds. The number of aromatic carboxylic acids is 1. The second-order valence-corrected chi connectivity index (χ2v) is 8.03. The smallest absolute Gasteiger partial charge is 0.335 e. The van der Waals surface area contributed by atoms with E-state index < -0.39 is 23.4 Å². The number of urea groups is 1. The first kappa shape index (κ1) is 20.8. The maximum absolute atomic E-state index is 12.9. The number of nitrogens with zero attached hydrogens (tertiary/aromatic N) is 2. The van der Waals surface area contributed by atoms with Crippen molar-refractivity contribution in [2.24, 2.45) is 5.92 Å². The summed E-state index contributed by atoms with van der Waals surface area (Å²) in [5, 5.41) is 14.3. The van der Waals surface area contributed by atoms with Crippen LogP contribution < -0.4 is 10.6 Å². The lowest BCUT2D eigenvalue weighted by Gasteiger charge is -2.37. The third-order valence-electron chi connectivity index (χ3n) is 5.30. The Morgan fingerprint density at radius 3 is 2.34 bits per heavy atom. The largest absolute Gasteiger partial charge is 0.478 e. The van der Waals surface area contributed by atoms with Crippen LogP contribution in [0.4, 0.5) is 10.5 Å². The number of hydrogen-bond donors (Lipinski definition) is 3. The van der Waals surface area contributed by atoms with Crippen LogP contribution in [0.15, 0.2) is 24.3 Å². The van der Waals surface area contributed by atoms with E-state index in [9.17, 15) is 19.2 Å². The lowest BCUT2D eigenvalue weighted by atomic mass is 9.87. The Balaban J connectivity index is 1.58. The summed E-state index contributed by atoms with van der Waals surface area (Å²) in [7, 11) is 0. The van der Waals surface area contributed by atoms with Crippen LogP contribution in [0.1, 0.15) is 37.0 Å². The molecule has 156 valence electrons. The van der Waals surface area contributed by atoms with Gasteiger partial charge < -0.3 is 20.6 Å². The number of carboxylic acids is 1. The highest BCUT2D eigenvalue weighted by molar-refractivity contribution is 6.10. The molecule has 1 spiro atoms. The summed E-state index contributed by atoms with van der Waals surface area (Å²) in [6.07, 6.45) is 1.05. The zero-order chi connectivity index (χ0) is 21.2. The Kier molecular flexibility index (Phi) is 5.88. The first-order chi connectivity index (χ1) is 13.7. The van der Waals surface area contributed by atoms with E-state index in [0.29, 0.717) is 24.4 Å². The number of imide groups is 1. The molecular formula is C20H26N4O5. The number of benzene rings is 1. The van der Waals surface area contributed by atoms with Gasteiger partial charge in [-0.15, -0.1) is 0 Å². The second-order valence-electron chi connectivity index (χ2n) is 8.03. The highest BCUT2D eigenvalue weighted by atomic mass is 16.4. The van der Waals surface area contributed by atoms with Crippen LogP contribution in [0.3, 0.4) is 0 Å². The molecule has 0 radical (unpaired) electrons. The van der Waals surface area contributed by atoms with Crippen LogP contribution in [-0.2, 0) is 9.59 Å². The van der Waals surface area contributed by atoms with Gasteiger partial charge in [-0.05, 0) is 43.0 Å². The van der Waals surface area contributed by atoms with Crippen LogP contribution in [0, 0.1) is 5.92 Å². The minimum atomic E-state index is -1.06. The number of amides is 4. The number of piperidine rings is 1. The van der Waals surface area contributed by atoms with Crippen molar-refractivity contribution in [2.45, 2.75) is 32.2 Å². The van der Waals surface area contributed by atoms with Crippen LogP contribution in [-0.4, -0.2) is 70.4 Å². The Morgan fingerprint density at radius 1 is 1.17 bits per heavy atom. The lowest BCUT2D eigenvalue weighted by Crippen LogP contribution is -2.55. The Bertz CT molecular complexity index is 813. The topological polar surface area (TPSA) is 119 Å². The summed E-state index contributed by atoms with van der Waals surface area (Å²) in [4.78, 5) is 51.7. The van der Waals surface area contributed by atoms with Crippen LogP contribution in [0.25, 0.3) is 0 Å². The minimum Gasteiger partial charge on any atom is -0.478 e. The van der Waals surface area contributed by atoms with Crippen molar-refractivity contribution in [1.82, 2.24) is 15.1 Å². The average molecular weight is 402 g/mol. The van der Waals surface area contributed by atoms with Gasteiger partial charge in [-0.1, -0.05) is 13.8 Å². The van der Waals surface area contributed by atoms with Crippen molar-refractivity contribution in [3.8, 4) is 0 Å². The second kappa shape index (κ2) is 8.20. The molecule has 1 aromatic carbocycles. The molecule has 0 atom stereocenters. The molecule has 0 aromatic heterocycles. The average Bonchev–Trinajstić information content (AvgIpc) is 2.88. The summed E-state index contributed by atoms with van der Waals surface area (Å²) in [6.45, 7) is 6.29. The summed E-state index contributed by atoms with van der Waals surface area (Å²) in [6, 6.07) is 5.10. The van der Waals surface area contributed by atoms with Crippen molar-refractivity contribution in [3.63, 3.8) is 0 Å². The van der Waals surface area contributed by atoms with Gasteiger partial charge in [0.05, 0.1) is 5.56 Å². The van der Waals surface area contributed by atoms with E-state index >= 15 is 0 Å². The van der Waals surface area contributed by atoms with E-state index in [1.807, 2.05) is 0 Å². The molecule has 0 unspecified atom stereocenters. The fraction of sp³-hybridized carbons (Fsp3) is 0.500. The maximum atomic E-state index is 12.9. The van der Waals surface area contributed by atoms with E-state index in [2.05, 4.69) is 29.4 Å². The molecule has 0 bridgehead atoms. The van der Waals surface area contributed by atoms with Crippen LogP contribution in [0.2, 0.25) is 0 Å². The molecule has 2 saturated heterocycles. The highest BCUT2D eigenvalue weighted by Crippen LogP contribution is 2.29. The summed E-state index contributed by atoms with van der Waals surface area (Å²) >= 11 is 0. The fourth-order valence-electron chi connectivity index (χ4n) is 3.83. The zero-order valence-electron chi connectivity index (χ0n) is 16.6. The summed E-state index contributed by atoms with van der Waals surface area (Å²) in [5.74, 6) is -1.41. The van der Waals surface area contributed by atoms with Gasteiger partial charge in [0.1, 0.15) is 12.1 Å². The van der Waals surface area contributed by atoms with E-state index in [-0.39, 0.29) is 18.0 Å². The number of carbonyl (C=O) groups excluding carboxylic acids is 3.